The number of ether oxygens (including phenoxy) is 2. The highest BCUT2D eigenvalue weighted by molar-refractivity contribution is 5.44. The van der Waals surface area contributed by atoms with Crippen molar-refractivity contribution in [2.24, 2.45) is 5.29 Å². The number of benzene rings is 1. The van der Waals surface area contributed by atoms with Crippen molar-refractivity contribution >= 4 is 0 Å². The molecule has 1 aromatic carbocycles. The molecule has 6 heteroatoms. The third-order valence-electron chi connectivity index (χ3n) is 2.52. The summed E-state index contributed by atoms with van der Waals surface area (Å²) in [5.41, 5.74) is 0.843. The second-order valence-electron chi connectivity index (χ2n) is 3.67. The molecule has 0 saturated heterocycles. The Labute approximate surface area is 98.3 Å². The minimum absolute atomic E-state index is 0.211. The molecule has 0 spiro atoms. The van der Waals surface area contributed by atoms with E-state index in [0.717, 1.165) is 5.56 Å². The van der Waals surface area contributed by atoms with Gasteiger partial charge in [0.25, 0.3) is 0 Å². The highest BCUT2D eigenvalue weighted by Gasteiger charge is 2.16. The van der Waals surface area contributed by atoms with Crippen LogP contribution in [0, 0.1) is 16.2 Å². The van der Waals surface area contributed by atoms with E-state index in [2.05, 4.69) is 5.29 Å². The van der Waals surface area contributed by atoms with E-state index in [1.807, 2.05) is 12.1 Å². The molecule has 0 bridgehead atoms. The Kier molecular flexibility index (Phi) is 3.10. The summed E-state index contributed by atoms with van der Waals surface area (Å²) in [5, 5.41) is 12.7. The normalized spacial score (nSPS) is 13.9. The van der Waals surface area contributed by atoms with Crippen LogP contribution in [0.4, 0.5) is 0 Å². The third kappa shape index (κ3) is 2.28. The highest BCUT2D eigenvalue weighted by Crippen LogP contribution is 2.32. The molecule has 17 heavy (non-hydrogen) atoms. The van der Waals surface area contributed by atoms with Gasteiger partial charge in [0, 0.05) is 0 Å². The maximum Gasteiger partial charge on any atom is 0.231 e. The molecule has 0 aliphatic carbocycles. The third-order valence-corrected chi connectivity index (χ3v) is 2.52. The van der Waals surface area contributed by atoms with Gasteiger partial charge in [0.15, 0.2) is 11.5 Å². The smallest absolute Gasteiger partial charge is 0.231 e. The highest BCUT2D eigenvalue weighted by atomic mass is 16.7. The van der Waals surface area contributed by atoms with E-state index in [9.17, 15) is 4.91 Å². The summed E-state index contributed by atoms with van der Waals surface area (Å²) in [6, 6.07) is 6.78. The molecule has 1 aromatic rings. The van der Waals surface area contributed by atoms with Crippen molar-refractivity contribution in [2.45, 2.75) is 19.5 Å². The zero-order valence-electron chi connectivity index (χ0n) is 9.29. The van der Waals surface area contributed by atoms with Crippen LogP contribution in [0.15, 0.2) is 23.5 Å². The lowest BCUT2D eigenvalue weighted by Crippen LogP contribution is -2.25. The van der Waals surface area contributed by atoms with Crippen LogP contribution in [-0.4, -0.2) is 17.8 Å². The van der Waals surface area contributed by atoms with Crippen LogP contribution in [0.5, 0.6) is 11.5 Å². The first-order valence-corrected chi connectivity index (χ1v) is 5.12. The number of hydrogen-bond acceptors (Lipinski definition) is 5. The SMILES string of the molecule is CC(C#N)N(Cc1ccc2c(c1)OCO2)N=O. The molecule has 1 heterocycles. The Morgan fingerprint density at radius 2 is 2.29 bits per heavy atom. The molecule has 0 aromatic heterocycles. The average molecular weight is 233 g/mol. The molecule has 0 N–H and O–H groups in total. The molecular weight excluding hydrogens is 222 g/mol. The second-order valence-corrected chi connectivity index (χ2v) is 3.67. The largest absolute Gasteiger partial charge is 0.454 e. The maximum absolute atomic E-state index is 10.6. The summed E-state index contributed by atoms with van der Waals surface area (Å²) >= 11 is 0. The van der Waals surface area contributed by atoms with E-state index in [1.165, 1.54) is 5.01 Å². The average Bonchev–Trinajstić information content (AvgIpc) is 2.82. The fourth-order valence-corrected chi connectivity index (χ4v) is 1.53. The fraction of sp³-hybridized carbons (Fsp3) is 0.364. The van der Waals surface area contributed by atoms with Gasteiger partial charge in [0.05, 0.1) is 17.9 Å². The van der Waals surface area contributed by atoms with Gasteiger partial charge in [-0.2, -0.15) is 5.26 Å². The molecule has 1 aliphatic heterocycles. The quantitative estimate of drug-likeness (QED) is 0.585. The number of rotatable bonds is 4. The molecule has 88 valence electrons. The molecule has 1 unspecified atom stereocenters. The van der Waals surface area contributed by atoms with Crippen LogP contribution < -0.4 is 9.47 Å². The maximum atomic E-state index is 10.6. The van der Waals surface area contributed by atoms with Gasteiger partial charge in [0.1, 0.15) is 6.04 Å². The minimum atomic E-state index is -0.557. The van der Waals surface area contributed by atoms with Crippen molar-refractivity contribution in [1.29, 1.82) is 5.26 Å². The van der Waals surface area contributed by atoms with E-state index in [-0.39, 0.29) is 13.3 Å². The predicted octanol–water partition coefficient (Wildman–Crippen LogP) is 1.81. The molecule has 1 atom stereocenters. The summed E-state index contributed by atoms with van der Waals surface area (Å²) < 4.78 is 10.4. The molecule has 0 fully saturated rings. The van der Waals surface area contributed by atoms with Gasteiger partial charge in [-0.3, -0.25) is 0 Å². The second kappa shape index (κ2) is 4.70. The lowest BCUT2D eigenvalue weighted by Gasteiger charge is -2.17. The summed E-state index contributed by atoms with van der Waals surface area (Å²) in [4.78, 5) is 10.6. The first-order valence-electron chi connectivity index (χ1n) is 5.12. The predicted molar refractivity (Wildman–Crippen MR) is 59.0 cm³/mol. The van der Waals surface area contributed by atoms with Crippen LogP contribution in [0.3, 0.4) is 0 Å². The van der Waals surface area contributed by atoms with Crippen molar-refractivity contribution < 1.29 is 9.47 Å². The van der Waals surface area contributed by atoms with E-state index in [1.54, 1.807) is 19.1 Å². The lowest BCUT2D eigenvalue weighted by molar-refractivity contribution is 0.174. The first-order chi connectivity index (χ1) is 8.24. The van der Waals surface area contributed by atoms with Crippen molar-refractivity contribution in [3.05, 3.63) is 28.7 Å². The number of hydrogen-bond donors (Lipinski definition) is 0. The van der Waals surface area contributed by atoms with Gasteiger partial charge < -0.3 is 9.47 Å². The van der Waals surface area contributed by atoms with Crippen molar-refractivity contribution in [3.63, 3.8) is 0 Å². The summed E-state index contributed by atoms with van der Waals surface area (Å²) in [5.74, 6) is 1.34. The zero-order valence-corrected chi connectivity index (χ0v) is 9.29. The summed E-state index contributed by atoms with van der Waals surface area (Å²) in [6.07, 6.45) is 0. The van der Waals surface area contributed by atoms with Gasteiger partial charge in [-0.1, -0.05) is 6.07 Å². The Bertz CT molecular complexity index is 470. The van der Waals surface area contributed by atoms with E-state index < -0.39 is 6.04 Å². The van der Waals surface area contributed by atoms with Crippen LogP contribution in [0.2, 0.25) is 0 Å². The van der Waals surface area contributed by atoms with Crippen LogP contribution in [-0.2, 0) is 6.54 Å². The molecular formula is C11H11N3O3. The summed E-state index contributed by atoms with van der Waals surface area (Å²) in [7, 11) is 0. The van der Waals surface area contributed by atoms with Gasteiger partial charge in [-0.25, -0.2) is 5.01 Å². The number of nitroso groups, excluding NO2 is 1. The lowest BCUT2D eigenvalue weighted by atomic mass is 10.2. The molecule has 6 nitrogen and oxygen atoms in total. The molecule has 2 rings (SSSR count). The Hall–Kier alpha value is -2.29. The van der Waals surface area contributed by atoms with E-state index >= 15 is 0 Å². The van der Waals surface area contributed by atoms with Crippen LogP contribution in [0.25, 0.3) is 0 Å². The molecule has 0 saturated carbocycles. The van der Waals surface area contributed by atoms with Gasteiger partial charge in [0.2, 0.25) is 6.79 Å². The van der Waals surface area contributed by atoms with Crippen molar-refractivity contribution in [3.8, 4) is 17.6 Å². The van der Waals surface area contributed by atoms with Gasteiger partial charge in [-0.05, 0) is 24.6 Å². The topological polar surface area (TPSA) is 74.9 Å². The molecule has 1 aliphatic rings. The standard InChI is InChI=1S/C11H11N3O3/c1-8(5-12)14(13-15)6-9-2-3-10-11(4-9)17-7-16-10/h2-4,8H,6-7H2,1H3. The van der Waals surface area contributed by atoms with Crippen molar-refractivity contribution in [1.82, 2.24) is 5.01 Å². The number of fused-ring (bicyclic) bond motifs is 1. The molecule has 0 amide bonds. The Morgan fingerprint density at radius 1 is 1.53 bits per heavy atom. The zero-order chi connectivity index (χ0) is 12.3. The minimum Gasteiger partial charge on any atom is -0.454 e. The Balaban J connectivity index is 2.13. The van der Waals surface area contributed by atoms with E-state index in [0.29, 0.717) is 11.5 Å². The van der Waals surface area contributed by atoms with Crippen LogP contribution in [0.1, 0.15) is 12.5 Å². The fourth-order valence-electron chi connectivity index (χ4n) is 1.53. The number of nitrogens with zero attached hydrogens (tertiary/aromatic N) is 3. The monoisotopic (exact) mass is 233 g/mol. The van der Waals surface area contributed by atoms with E-state index in [4.69, 9.17) is 14.7 Å². The molecule has 0 radical (unpaired) electrons. The Morgan fingerprint density at radius 3 is 3.00 bits per heavy atom. The number of nitriles is 1. The first kappa shape index (κ1) is 11.2. The van der Waals surface area contributed by atoms with Gasteiger partial charge in [-0.15, -0.1) is 4.91 Å². The van der Waals surface area contributed by atoms with Gasteiger partial charge >= 0.3 is 0 Å². The van der Waals surface area contributed by atoms with Crippen molar-refractivity contribution in [2.75, 3.05) is 6.79 Å². The van der Waals surface area contributed by atoms with Crippen LogP contribution >= 0.6 is 0 Å². The summed E-state index contributed by atoms with van der Waals surface area (Å²) in [6.45, 7) is 2.10.